The van der Waals surface area contributed by atoms with Gasteiger partial charge in [-0.1, -0.05) is 19.9 Å². The Bertz CT molecular complexity index is 1470. The fourth-order valence-electron chi connectivity index (χ4n) is 7.82. The van der Waals surface area contributed by atoms with E-state index >= 15 is 0 Å². The van der Waals surface area contributed by atoms with Crippen LogP contribution in [0, 0.1) is 29.2 Å². The van der Waals surface area contributed by atoms with Crippen molar-refractivity contribution < 1.29 is 46.6 Å². The number of esters is 2. The number of rotatable bonds is 3. The number of carbonyl (C=O) groups is 4. The zero-order chi connectivity index (χ0) is 29.4. The maximum Gasteiger partial charge on any atom is 0.407 e. The number of alkyl halides is 3. The lowest BCUT2D eigenvalue weighted by Crippen LogP contribution is -2.55. The quantitative estimate of drug-likeness (QED) is 0.308. The monoisotopic (exact) mass is 560 g/mol. The van der Waals surface area contributed by atoms with E-state index in [1.54, 1.807) is 34.6 Å². The van der Waals surface area contributed by atoms with Crippen LogP contribution in [-0.4, -0.2) is 46.7 Å². The Morgan fingerprint density at radius 3 is 2.27 bits per heavy atom. The molecule has 5 aliphatic rings. The number of hydrogen-bond acceptors (Lipinski definition) is 7. The van der Waals surface area contributed by atoms with Crippen LogP contribution in [0.25, 0.3) is 4.85 Å². The molecular weight excluding hydrogens is 533 g/mol. The summed E-state index contributed by atoms with van der Waals surface area (Å²) in [5.41, 5.74) is -8.11. The van der Waals surface area contributed by atoms with Crippen molar-refractivity contribution in [3.05, 3.63) is 35.2 Å². The molecule has 40 heavy (non-hydrogen) atoms. The zero-order valence-electron chi connectivity index (χ0n) is 22.5. The van der Waals surface area contributed by atoms with E-state index in [0.717, 1.165) is 12.1 Å². The Labute approximate surface area is 227 Å². The molecule has 1 saturated carbocycles. The molecule has 9 nitrogen and oxygen atoms in total. The number of benzene rings is 1. The van der Waals surface area contributed by atoms with Gasteiger partial charge in [-0.05, 0) is 45.7 Å². The molecule has 0 spiro atoms. The van der Waals surface area contributed by atoms with Gasteiger partial charge in [0.05, 0.1) is 35.0 Å². The third-order valence-corrected chi connectivity index (χ3v) is 10.6. The third kappa shape index (κ3) is 2.86. The summed E-state index contributed by atoms with van der Waals surface area (Å²) in [5.74, 6) is -4.85. The zero-order valence-corrected chi connectivity index (χ0v) is 22.5. The molecule has 5 fully saturated rings. The van der Waals surface area contributed by atoms with Crippen molar-refractivity contribution in [2.24, 2.45) is 22.7 Å². The van der Waals surface area contributed by atoms with Crippen molar-refractivity contribution in [3.8, 4) is 0 Å². The summed E-state index contributed by atoms with van der Waals surface area (Å²) in [6.45, 7) is 15.6. The van der Waals surface area contributed by atoms with E-state index < -0.39 is 86.8 Å². The van der Waals surface area contributed by atoms with Gasteiger partial charge in [-0.15, -0.1) is 0 Å². The smallest absolute Gasteiger partial charge is 0.407 e. The lowest BCUT2D eigenvalue weighted by Gasteiger charge is -2.39. The van der Waals surface area contributed by atoms with Gasteiger partial charge < -0.3 is 14.2 Å². The second kappa shape index (κ2) is 7.43. The van der Waals surface area contributed by atoms with Gasteiger partial charge in [0, 0.05) is 17.5 Å². The average molecular weight is 561 g/mol. The van der Waals surface area contributed by atoms with E-state index in [-0.39, 0.29) is 18.5 Å². The highest BCUT2D eigenvalue weighted by Gasteiger charge is 2.79. The van der Waals surface area contributed by atoms with E-state index in [4.69, 9.17) is 20.8 Å². The maximum absolute atomic E-state index is 13.7. The number of anilines is 1. The van der Waals surface area contributed by atoms with Crippen LogP contribution in [0.4, 0.5) is 24.5 Å². The van der Waals surface area contributed by atoms with Crippen LogP contribution in [0.5, 0.6) is 0 Å². The van der Waals surface area contributed by atoms with Crippen LogP contribution >= 0.6 is 0 Å². The van der Waals surface area contributed by atoms with Crippen molar-refractivity contribution in [1.29, 1.82) is 0 Å². The number of nitrogens with zero attached hydrogens (tertiary/aromatic N) is 2. The number of carbonyl (C=O) groups excluding carboxylic acids is 4. The predicted octanol–water partition coefficient (Wildman–Crippen LogP) is 4.35. The van der Waals surface area contributed by atoms with Crippen molar-refractivity contribution >= 4 is 35.1 Å². The van der Waals surface area contributed by atoms with Gasteiger partial charge in [-0.2, -0.15) is 13.2 Å². The van der Waals surface area contributed by atoms with Crippen LogP contribution in [0.2, 0.25) is 0 Å². The van der Waals surface area contributed by atoms with Crippen molar-refractivity contribution in [2.45, 2.75) is 83.0 Å². The second-order valence-electron chi connectivity index (χ2n) is 12.6. The molecule has 4 aliphatic heterocycles. The molecule has 1 aromatic rings. The largest absolute Gasteiger partial charge is 0.456 e. The number of imide groups is 1. The predicted molar refractivity (Wildman–Crippen MR) is 130 cm³/mol. The molecule has 212 valence electrons. The number of hydrogen-bond donors (Lipinski definition) is 0. The highest BCUT2D eigenvalue weighted by Crippen LogP contribution is 2.67. The molecule has 4 saturated heterocycles. The van der Waals surface area contributed by atoms with E-state index in [0.29, 0.717) is 17.4 Å². The number of ether oxygens (including phenoxy) is 3. The molecule has 1 aliphatic carbocycles. The van der Waals surface area contributed by atoms with E-state index in [2.05, 4.69) is 4.85 Å². The van der Waals surface area contributed by atoms with E-state index in [9.17, 15) is 32.3 Å². The summed E-state index contributed by atoms with van der Waals surface area (Å²) in [5, 5.41) is 0. The van der Waals surface area contributed by atoms with Gasteiger partial charge in [-0.3, -0.25) is 14.4 Å². The van der Waals surface area contributed by atoms with E-state index in [1.807, 2.05) is 0 Å². The molecule has 4 heterocycles. The fourth-order valence-corrected chi connectivity index (χ4v) is 7.82. The van der Waals surface area contributed by atoms with Crippen LogP contribution in [-0.2, 0) is 39.6 Å². The molecule has 2 amide bonds. The molecule has 12 heteroatoms. The van der Waals surface area contributed by atoms with Gasteiger partial charge >= 0.3 is 18.1 Å². The lowest BCUT2D eigenvalue weighted by molar-refractivity contribution is -0.194. The van der Waals surface area contributed by atoms with Gasteiger partial charge in [0.15, 0.2) is 5.69 Å². The Morgan fingerprint density at radius 2 is 1.73 bits per heavy atom. The highest BCUT2D eigenvalue weighted by atomic mass is 19.4. The Hall–Kier alpha value is -3.46. The minimum Gasteiger partial charge on any atom is -0.456 e. The van der Waals surface area contributed by atoms with Gasteiger partial charge in [0.1, 0.15) is 11.7 Å². The summed E-state index contributed by atoms with van der Waals surface area (Å²) in [6, 6.07) is 2.69. The molecule has 7 atom stereocenters. The summed E-state index contributed by atoms with van der Waals surface area (Å²) in [7, 11) is 0. The lowest BCUT2D eigenvalue weighted by atomic mass is 9.66. The van der Waals surface area contributed by atoms with Crippen molar-refractivity contribution in [2.75, 3.05) is 4.90 Å². The Balaban J connectivity index is 1.32. The fraction of sp³-hybridized carbons (Fsp3) is 0.607. The Kier molecular flexibility index (Phi) is 4.97. The molecule has 4 unspecified atom stereocenters. The van der Waals surface area contributed by atoms with Crippen LogP contribution < -0.4 is 4.90 Å². The molecule has 1 aromatic carbocycles. The highest BCUT2D eigenvalue weighted by molar-refractivity contribution is 6.23. The summed E-state index contributed by atoms with van der Waals surface area (Å²) >= 11 is 0. The SMILES string of the molecule is [C-]#[N+]c1ccc(N2C(=O)[C@@H]3[C@H](C2=O)C2(C)OC3(C)C[C@H]2OC(=O)C23CCC(C)(C(=O)O2)C3(C)C)cc1C(F)(F)F. The van der Waals surface area contributed by atoms with Crippen LogP contribution in [0.1, 0.15) is 59.4 Å². The molecular formula is C28H27F3N2O7. The minimum atomic E-state index is -4.87. The second-order valence-corrected chi connectivity index (χ2v) is 12.6. The summed E-state index contributed by atoms with van der Waals surface area (Å²) in [4.78, 5) is 57.2. The molecule has 0 radical (unpaired) electrons. The number of fused-ring (bicyclic) bond motifs is 7. The Morgan fingerprint density at radius 1 is 1.07 bits per heavy atom. The van der Waals surface area contributed by atoms with E-state index in [1.165, 1.54) is 0 Å². The normalized spacial score (nSPS) is 40.8. The van der Waals surface area contributed by atoms with Crippen molar-refractivity contribution in [1.82, 2.24) is 0 Å². The first-order valence-corrected chi connectivity index (χ1v) is 13.0. The first-order chi connectivity index (χ1) is 18.4. The molecule has 4 bridgehead atoms. The van der Waals surface area contributed by atoms with Crippen molar-refractivity contribution in [3.63, 3.8) is 0 Å². The topological polar surface area (TPSA) is 104 Å². The van der Waals surface area contributed by atoms with Gasteiger partial charge in [-0.25, -0.2) is 14.5 Å². The van der Waals surface area contributed by atoms with Gasteiger partial charge in [0.2, 0.25) is 17.4 Å². The standard InChI is InChI=1S/C28H27F3N2O7/c1-23(2)24(3)9-10-27(23,39-21(24)36)22(37)38-16-12-25(4)17-18(26(16,5)40-25)20(35)33(19(17)34)13-7-8-15(32-6)14(11-13)28(29,30)31/h7-8,11,16-18H,9-10,12H2,1-5H3/t16-,17+,18-,24?,25?,26?,27?/m1/s1. The first kappa shape index (κ1) is 26.7. The summed E-state index contributed by atoms with van der Waals surface area (Å²) in [6.07, 6.45) is -5.06. The number of amides is 2. The summed E-state index contributed by atoms with van der Waals surface area (Å²) < 4.78 is 58.7. The third-order valence-electron chi connectivity index (χ3n) is 10.6. The maximum atomic E-state index is 13.7. The van der Waals surface area contributed by atoms with Crippen LogP contribution in [0.3, 0.4) is 0 Å². The molecule has 0 N–H and O–H groups in total. The molecule has 6 rings (SSSR count). The average Bonchev–Trinajstić information content (AvgIpc) is 3.49. The van der Waals surface area contributed by atoms with Crippen LogP contribution in [0.15, 0.2) is 18.2 Å². The number of halogens is 3. The van der Waals surface area contributed by atoms with Gasteiger partial charge in [0.25, 0.3) is 0 Å². The minimum absolute atomic E-state index is 0.0649. The first-order valence-electron chi connectivity index (χ1n) is 13.0. The molecule has 0 aromatic heterocycles.